The number of halogens is 2. The van der Waals surface area contributed by atoms with E-state index in [1.807, 2.05) is 19.8 Å². The molecule has 2 unspecified atom stereocenters. The molecule has 0 saturated heterocycles. The fourth-order valence-electron chi connectivity index (χ4n) is 4.34. The fraction of sp³-hybridized carbons (Fsp3) is 0.600. The zero-order valence-corrected chi connectivity index (χ0v) is 21.6. The molecular formula is C20H32Cl2Si2Ti. The van der Waals surface area contributed by atoms with Crippen molar-refractivity contribution in [3.63, 3.8) is 0 Å². The average molecular weight is 447 g/mol. The van der Waals surface area contributed by atoms with Gasteiger partial charge in [0.15, 0.2) is 0 Å². The maximum Gasteiger partial charge on any atom is -1.00 e. The predicted molar refractivity (Wildman–Crippen MR) is 105 cm³/mol. The molecule has 3 aliphatic rings. The first-order chi connectivity index (χ1) is 10.7. The predicted octanol–water partition coefficient (Wildman–Crippen LogP) is 0.501. The van der Waals surface area contributed by atoms with Gasteiger partial charge in [0.25, 0.3) is 0 Å². The Labute approximate surface area is 178 Å². The number of allylic oxidation sites excluding steroid dienone is 8. The van der Waals surface area contributed by atoms with Crippen molar-refractivity contribution in [2.45, 2.75) is 69.2 Å². The van der Waals surface area contributed by atoms with Crippen LogP contribution in [0, 0.1) is 5.92 Å². The van der Waals surface area contributed by atoms with Crippen molar-refractivity contribution < 1.29 is 44.0 Å². The molecule has 1 saturated carbocycles. The number of rotatable bonds is 4. The molecule has 0 N–H and O–H groups in total. The van der Waals surface area contributed by atoms with Gasteiger partial charge in [-0.15, -0.1) is 0 Å². The van der Waals surface area contributed by atoms with Gasteiger partial charge in [-0.2, -0.15) is 0 Å². The molecule has 0 aromatic carbocycles. The molecule has 0 nitrogen and oxygen atoms in total. The molecule has 0 bridgehead atoms. The molecule has 3 aliphatic carbocycles. The van der Waals surface area contributed by atoms with E-state index in [-0.39, 0.29) is 44.0 Å². The van der Waals surface area contributed by atoms with Crippen molar-refractivity contribution in [1.29, 1.82) is 0 Å². The van der Waals surface area contributed by atoms with E-state index in [2.05, 4.69) is 63.6 Å². The van der Waals surface area contributed by atoms with E-state index in [1.165, 1.54) is 25.7 Å². The van der Waals surface area contributed by atoms with Gasteiger partial charge in [-0.25, -0.2) is 0 Å². The summed E-state index contributed by atoms with van der Waals surface area (Å²) in [7, 11) is -2.38. The Balaban J connectivity index is 0.00000156. The molecular weight excluding hydrogens is 415 g/mol. The van der Waals surface area contributed by atoms with Crippen LogP contribution < -0.4 is 24.8 Å². The summed E-state index contributed by atoms with van der Waals surface area (Å²) in [5.74, 6) is 0.894. The zero-order chi connectivity index (χ0) is 16.8. The van der Waals surface area contributed by atoms with Crippen molar-refractivity contribution in [3.05, 3.63) is 44.1 Å². The first-order valence-corrected chi connectivity index (χ1v) is 17.9. The first-order valence-electron chi connectivity index (χ1n) is 9.25. The summed E-state index contributed by atoms with van der Waals surface area (Å²) in [4.78, 5) is 0. The van der Waals surface area contributed by atoms with Crippen LogP contribution in [0.15, 0.2) is 44.1 Å². The summed E-state index contributed by atoms with van der Waals surface area (Å²) in [6.07, 6.45) is 15.4. The first kappa shape index (κ1) is 23.7. The summed E-state index contributed by atoms with van der Waals surface area (Å²) >= 11 is -0.0257. The Kier molecular flexibility index (Phi) is 8.35. The van der Waals surface area contributed by atoms with E-state index in [1.54, 1.807) is 0 Å². The van der Waals surface area contributed by atoms with E-state index in [9.17, 15) is 0 Å². The van der Waals surface area contributed by atoms with Gasteiger partial charge in [-0.3, -0.25) is 0 Å². The van der Waals surface area contributed by atoms with Gasteiger partial charge < -0.3 is 24.8 Å². The second kappa shape index (κ2) is 8.79. The van der Waals surface area contributed by atoms with Crippen LogP contribution >= 0.6 is 0 Å². The Morgan fingerprint density at radius 1 is 0.960 bits per heavy atom. The Hall–Kier alpha value is 0.688. The maximum atomic E-state index is 2.65. The van der Waals surface area contributed by atoms with E-state index in [4.69, 9.17) is 0 Å². The quantitative estimate of drug-likeness (QED) is 0.551. The molecule has 0 aromatic heterocycles. The SMILES string of the molecule is C[Si](C)(C)C1=CCC([Si](C)(C)C)=[C]1[Ti+2][CH]1CCC2CC=CC=C21.[Cl-].[Cl-]. The van der Waals surface area contributed by atoms with Crippen molar-refractivity contribution in [2.75, 3.05) is 0 Å². The second-order valence-electron chi connectivity index (χ2n) is 9.48. The van der Waals surface area contributed by atoms with Crippen LogP contribution in [0.2, 0.25) is 43.5 Å². The van der Waals surface area contributed by atoms with Gasteiger partial charge >= 0.3 is 155 Å². The van der Waals surface area contributed by atoms with Crippen LogP contribution in [0.3, 0.4) is 0 Å². The average Bonchev–Trinajstić information content (AvgIpc) is 3.03. The molecule has 138 valence electrons. The molecule has 0 amide bonds. The van der Waals surface area contributed by atoms with Crippen molar-refractivity contribution in [1.82, 2.24) is 0 Å². The Bertz CT molecular complexity index is 619. The van der Waals surface area contributed by atoms with Gasteiger partial charge in [0.1, 0.15) is 0 Å². The number of hydrogen-bond acceptors (Lipinski definition) is 0. The van der Waals surface area contributed by atoms with Crippen molar-refractivity contribution >= 4 is 16.1 Å². The fourth-order valence-corrected chi connectivity index (χ4v) is 14.4. The summed E-state index contributed by atoms with van der Waals surface area (Å²) in [6, 6.07) is 0. The monoisotopic (exact) mass is 446 g/mol. The number of hydrogen-bond donors (Lipinski definition) is 0. The number of fused-ring (bicyclic) bond motifs is 1. The van der Waals surface area contributed by atoms with Crippen LogP contribution in [0.1, 0.15) is 25.7 Å². The van der Waals surface area contributed by atoms with Crippen molar-refractivity contribution in [2.24, 2.45) is 5.92 Å². The smallest absolute Gasteiger partial charge is 1.00 e. The summed E-state index contributed by atoms with van der Waals surface area (Å²) in [5, 5.41) is 3.77. The Morgan fingerprint density at radius 3 is 2.24 bits per heavy atom. The normalized spacial score (nSPS) is 25.5. The molecule has 0 aliphatic heterocycles. The van der Waals surface area contributed by atoms with E-state index in [0.717, 1.165) is 10.1 Å². The molecule has 25 heavy (non-hydrogen) atoms. The third-order valence-electron chi connectivity index (χ3n) is 5.64. The van der Waals surface area contributed by atoms with E-state index >= 15 is 0 Å². The maximum absolute atomic E-state index is 2.65. The molecule has 0 heterocycles. The molecule has 0 aromatic rings. The van der Waals surface area contributed by atoms with Crippen molar-refractivity contribution in [3.8, 4) is 0 Å². The van der Waals surface area contributed by atoms with Crippen LogP contribution in [-0.2, 0) is 19.2 Å². The Morgan fingerprint density at radius 2 is 1.64 bits per heavy atom. The van der Waals surface area contributed by atoms with Gasteiger partial charge in [0, 0.05) is 0 Å². The van der Waals surface area contributed by atoms with Crippen LogP contribution in [0.4, 0.5) is 0 Å². The second-order valence-corrected chi connectivity index (χ2v) is 21.9. The molecule has 3 rings (SSSR count). The topological polar surface area (TPSA) is 0 Å². The van der Waals surface area contributed by atoms with Gasteiger partial charge in [-0.05, 0) is 0 Å². The summed E-state index contributed by atoms with van der Waals surface area (Å²) in [6.45, 7) is 15.4. The minimum atomic E-state index is -1.20. The van der Waals surface area contributed by atoms with Crippen LogP contribution in [-0.4, -0.2) is 16.1 Å². The molecule has 1 fully saturated rings. The summed E-state index contributed by atoms with van der Waals surface area (Å²) in [5.41, 5.74) is 1.83. The third-order valence-corrected chi connectivity index (χ3v) is 13.6. The summed E-state index contributed by atoms with van der Waals surface area (Å²) < 4.78 is 2.90. The van der Waals surface area contributed by atoms with Gasteiger partial charge in [0.2, 0.25) is 0 Å². The standard InChI is InChI=1S/C11H21Si2.C9H11.2ClH.Ti/c1-12(2,3)10-7-8-11(9-10)13(4,5)6;1-2-5-9-7-3-6-8(9)4-1;;;/h7H,8H2,1-6H3;1-2,4,6,9H,3,5,7H2;2*1H;/q;;;;+2/p-2. The third kappa shape index (κ3) is 5.15. The molecule has 0 radical (unpaired) electrons. The van der Waals surface area contributed by atoms with Gasteiger partial charge in [-0.1, -0.05) is 0 Å². The molecule has 2 atom stereocenters. The molecule has 5 heteroatoms. The van der Waals surface area contributed by atoms with Crippen LogP contribution in [0.25, 0.3) is 0 Å². The molecule has 0 spiro atoms. The van der Waals surface area contributed by atoms with E-state index in [0.29, 0.717) is 0 Å². The minimum absolute atomic E-state index is 0. The zero-order valence-electron chi connectivity index (χ0n) is 16.5. The minimum Gasteiger partial charge on any atom is -1.00 e. The van der Waals surface area contributed by atoms with Gasteiger partial charge in [0.05, 0.1) is 0 Å². The van der Waals surface area contributed by atoms with Crippen LogP contribution in [0.5, 0.6) is 0 Å². The largest absolute Gasteiger partial charge is 1.00 e. The van der Waals surface area contributed by atoms with E-state index < -0.39 is 16.1 Å².